The van der Waals surface area contributed by atoms with Gasteiger partial charge in [0.2, 0.25) is 0 Å². The molecule has 0 aromatic heterocycles. The predicted molar refractivity (Wildman–Crippen MR) is 16.5 cm³/mol. The first-order valence-corrected chi connectivity index (χ1v) is 2.47. The van der Waals surface area contributed by atoms with Crippen molar-refractivity contribution in [3.05, 3.63) is 0 Å². The second-order valence-electron chi connectivity index (χ2n) is 0.504. The van der Waals surface area contributed by atoms with Gasteiger partial charge in [0.25, 0.3) is 0 Å². The van der Waals surface area contributed by atoms with Crippen molar-refractivity contribution in [1.82, 2.24) is 0 Å². The molecule has 0 saturated heterocycles. The summed E-state index contributed by atoms with van der Waals surface area (Å²) >= 11 is 0. The fourth-order valence-corrected chi connectivity index (χ4v) is 0. The van der Waals surface area contributed by atoms with E-state index in [0.717, 1.165) is 0 Å². The molecular formula is CHNi2O6S+. The van der Waals surface area contributed by atoms with Crippen LogP contribution in [0.5, 0.6) is 0 Å². The maximum atomic E-state index is 8.52. The molecule has 0 N–H and O–H groups in total. The van der Waals surface area contributed by atoms with Gasteiger partial charge in [-0.15, -0.1) is 0 Å². The summed E-state index contributed by atoms with van der Waals surface area (Å²) in [5, 5.41) is 8.25. The van der Waals surface area contributed by atoms with Crippen molar-refractivity contribution in [1.29, 1.82) is 0 Å². The Labute approximate surface area is 77.4 Å². The van der Waals surface area contributed by atoms with Crippen LogP contribution in [0.2, 0.25) is 0 Å². The Bertz CT molecular complexity index is 130. The monoisotopic (exact) mass is 257 g/mol. The maximum Gasteiger partial charge on any atom is 2.00 e. The Morgan fingerprint density at radius 1 is 1.10 bits per heavy atom. The number of carbonyl (C=O) groups excluding carboxylic acids is 1. The van der Waals surface area contributed by atoms with Gasteiger partial charge in [-0.1, -0.05) is 0 Å². The number of hydrogen-bond donors (Lipinski definition) is 0. The third-order valence-corrected chi connectivity index (χ3v) is 0. The fraction of sp³-hybridized carbons (Fsp3) is 0. The number of rotatable bonds is 0. The van der Waals surface area contributed by atoms with Gasteiger partial charge < -0.3 is 19.0 Å². The van der Waals surface area contributed by atoms with Gasteiger partial charge in [0.1, 0.15) is 0 Å². The number of hydrogen-bond acceptors (Lipinski definition) is 6. The van der Waals surface area contributed by atoms with E-state index in [0.29, 0.717) is 0 Å². The predicted octanol–water partition coefficient (Wildman–Crippen LogP) is -2.98. The number of carboxylic acid groups (broad SMARTS) is 1. The van der Waals surface area contributed by atoms with E-state index in [1.807, 2.05) is 0 Å². The van der Waals surface area contributed by atoms with Crippen LogP contribution in [0, 0.1) is 0 Å². The fourth-order valence-electron chi connectivity index (χ4n) is 0. The standard InChI is InChI=1S/CH2O2.2Ni.H2O4S/c2-1-3;;;1-5(2,3)4/h1H,(H,2,3);;;(H2,1,2,3,4)/q;2*+2;/p-3. The Hall–Kier alpha value is 0.327. The summed E-state index contributed by atoms with van der Waals surface area (Å²) in [6.45, 7) is -0.500. The molecule has 0 unspecified atom stereocenters. The van der Waals surface area contributed by atoms with Crippen LogP contribution in [0.3, 0.4) is 0 Å². The minimum absolute atomic E-state index is 0. The van der Waals surface area contributed by atoms with Crippen LogP contribution >= 0.6 is 0 Å². The molecule has 66 valence electrons. The van der Waals surface area contributed by atoms with E-state index in [4.69, 9.17) is 27.4 Å². The molecule has 0 atom stereocenters. The van der Waals surface area contributed by atoms with E-state index < -0.39 is 16.9 Å². The van der Waals surface area contributed by atoms with E-state index in [-0.39, 0.29) is 33.0 Å². The summed E-state index contributed by atoms with van der Waals surface area (Å²) in [6.07, 6.45) is 0. The molecule has 10 heavy (non-hydrogen) atoms. The average Bonchev–Trinajstić information content (AvgIpc) is 1.27. The van der Waals surface area contributed by atoms with Gasteiger partial charge in [-0.3, -0.25) is 8.42 Å². The minimum Gasteiger partial charge on any atom is -0.759 e. The van der Waals surface area contributed by atoms with Gasteiger partial charge in [0.05, 0.1) is 0 Å². The Morgan fingerprint density at radius 3 is 1.10 bits per heavy atom. The molecule has 0 rings (SSSR count). The quantitative estimate of drug-likeness (QED) is 0.198. The summed E-state index contributed by atoms with van der Waals surface area (Å²) in [4.78, 5) is 8.25. The topological polar surface area (TPSA) is 120 Å². The Kier molecular flexibility index (Phi) is 27.0. The van der Waals surface area contributed by atoms with Crippen LogP contribution in [0.25, 0.3) is 0 Å². The average molecular weight is 258 g/mol. The number of carbonyl (C=O) groups is 1. The molecule has 6 nitrogen and oxygen atoms in total. The molecule has 0 aliphatic rings. The second kappa shape index (κ2) is 12.0. The van der Waals surface area contributed by atoms with Crippen molar-refractivity contribution >= 4 is 16.9 Å². The van der Waals surface area contributed by atoms with Crippen LogP contribution < -0.4 is 5.11 Å². The SMILES string of the molecule is O=C[O-].O=S(=O)([O-])[O-].[Ni+2].[Ni+2]. The van der Waals surface area contributed by atoms with E-state index in [1.165, 1.54) is 0 Å². The van der Waals surface area contributed by atoms with Crippen molar-refractivity contribution in [2.24, 2.45) is 0 Å². The van der Waals surface area contributed by atoms with Gasteiger partial charge in [0.15, 0.2) is 0 Å². The van der Waals surface area contributed by atoms with Crippen LogP contribution in [0.15, 0.2) is 0 Å². The molecular weight excluding hydrogens is 257 g/mol. The molecule has 0 bridgehead atoms. The van der Waals surface area contributed by atoms with E-state index >= 15 is 0 Å². The zero-order valence-electron chi connectivity index (χ0n) is 4.07. The van der Waals surface area contributed by atoms with Gasteiger partial charge >= 0.3 is 33.0 Å². The molecule has 0 heterocycles. The Morgan fingerprint density at radius 2 is 1.10 bits per heavy atom. The zero-order chi connectivity index (χ0) is 7.21. The first kappa shape index (κ1) is 22.4. The van der Waals surface area contributed by atoms with Crippen molar-refractivity contribution < 1.29 is 60.4 Å². The molecule has 0 aromatic rings. The smallest absolute Gasteiger partial charge is 0.759 e. The van der Waals surface area contributed by atoms with Gasteiger partial charge in [0, 0.05) is 16.9 Å². The second-order valence-corrected chi connectivity index (χ2v) is 1.32. The molecule has 0 spiro atoms. The zero-order valence-corrected chi connectivity index (χ0v) is 6.86. The molecule has 0 aliphatic heterocycles. The molecule has 0 aromatic carbocycles. The van der Waals surface area contributed by atoms with E-state index in [2.05, 4.69) is 0 Å². The van der Waals surface area contributed by atoms with Crippen molar-refractivity contribution in [2.75, 3.05) is 0 Å². The molecule has 0 fully saturated rings. The summed E-state index contributed by atoms with van der Waals surface area (Å²) in [5.74, 6) is 0. The molecule has 0 radical (unpaired) electrons. The third kappa shape index (κ3) is 4180. The van der Waals surface area contributed by atoms with Crippen LogP contribution in [-0.2, 0) is 48.2 Å². The molecule has 0 saturated carbocycles. The summed E-state index contributed by atoms with van der Waals surface area (Å²) < 4.78 is 34.1. The minimum atomic E-state index is -5.17. The van der Waals surface area contributed by atoms with Gasteiger partial charge in [-0.2, -0.15) is 0 Å². The summed E-state index contributed by atoms with van der Waals surface area (Å²) in [6, 6.07) is 0. The molecule has 0 aliphatic carbocycles. The molecule has 0 amide bonds. The summed E-state index contributed by atoms with van der Waals surface area (Å²) in [5.41, 5.74) is 0. The van der Waals surface area contributed by atoms with Gasteiger partial charge in [-0.05, 0) is 0 Å². The largest absolute Gasteiger partial charge is 2.00 e. The van der Waals surface area contributed by atoms with E-state index in [1.54, 1.807) is 0 Å². The first-order valence-electron chi connectivity index (χ1n) is 1.14. The van der Waals surface area contributed by atoms with Crippen LogP contribution in [0.1, 0.15) is 0 Å². The van der Waals surface area contributed by atoms with Crippen molar-refractivity contribution in [3.63, 3.8) is 0 Å². The third-order valence-electron chi connectivity index (χ3n) is 0. The maximum absolute atomic E-state index is 8.52. The Balaban J connectivity index is -0.0000000326. The van der Waals surface area contributed by atoms with Crippen molar-refractivity contribution in [2.45, 2.75) is 0 Å². The van der Waals surface area contributed by atoms with E-state index in [9.17, 15) is 0 Å². The normalized spacial score (nSPS) is 7.00. The summed E-state index contributed by atoms with van der Waals surface area (Å²) in [7, 11) is -5.17. The van der Waals surface area contributed by atoms with Crippen LogP contribution in [0.4, 0.5) is 0 Å². The van der Waals surface area contributed by atoms with Gasteiger partial charge in [-0.25, -0.2) is 0 Å². The molecule has 9 heteroatoms. The van der Waals surface area contributed by atoms with Crippen molar-refractivity contribution in [3.8, 4) is 0 Å². The van der Waals surface area contributed by atoms with Crippen LogP contribution in [-0.4, -0.2) is 24.0 Å². The first-order chi connectivity index (χ1) is 3.41.